The lowest BCUT2D eigenvalue weighted by Crippen LogP contribution is -2.38. The average Bonchev–Trinajstić information content (AvgIpc) is 3.05. The van der Waals surface area contributed by atoms with Crippen LogP contribution in [0.15, 0.2) is 18.6 Å². The summed E-state index contributed by atoms with van der Waals surface area (Å²) in [6.45, 7) is 3.74. The van der Waals surface area contributed by atoms with Crippen molar-refractivity contribution in [3.63, 3.8) is 0 Å². The zero-order valence-electron chi connectivity index (χ0n) is 15.5. The molecule has 1 fully saturated rings. The number of carbonyl (C=O) groups excluding carboxylic acids is 2. The SMILES string of the molecule is CC(=O)N1CCC(CNc2nc(Nc3cnn(C)c3)ncc2C(N)=O)CC1. The first kappa shape index (κ1) is 18.6. The van der Waals surface area contributed by atoms with Gasteiger partial charge in [-0.3, -0.25) is 14.3 Å². The number of nitrogens with zero attached hydrogens (tertiary/aromatic N) is 5. The highest BCUT2D eigenvalue weighted by Crippen LogP contribution is 2.21. The number of aromatic nitrogens is 4. The van der Waals surface area contributed by atoms with Gasteiger partial charge < -0.3 is 21.3 Å². The molecule has 144 valence electrons. The molecule has 1 aliphatic rings. The van der Waals surface area contributed by atoms with Gasteiger partial charge in [0.05, 0.1) is 17.4 Å². The second-order valence-electron chi connectivity index (χ2n) is 6.68. The van der Waals surface area contributed by atoms with Crippen molar-refractivity contribution in [1.29, 1.82) is 0 Å². The third-order valence-corrected chi connectivity index (χ3v) is 4.63. The number of nitrogens with one attached hydrogen (secondary N) is 2. The van der Waals surface area contributed by atoms with E-state index in [1.165, 1.54) is 6.20 Å². The second kappa shape index (κ2) is 8.02. The van der Waals surface area contributed by atoms with Crippen molar-refractivity contribution < 1.29 is 9.59 Å². The molecule has 0 bridgehead atoms. The lowest BCUT2D eigenvalue weighted by Gasteiger charge is -2.31. The molecule has 3 rings (SSSR count). The minimum Gasteiger partial charge on any atom is -0.369 e. The summed E-state index contributed by atoms with van der Waals surface area (Å²) in [5, 5.41) is 10.3. The topological polar surface area (TPSA) is 131 Å². The zero-order chi connectivity index (χ0) is 19.4. The Morgan fingerprint density at radius 2 is 2.04 bits per heavy atom. The van der Waals surface area contributed by atoms with Gasteiger partial charge in [-0.2, -0.15) is 10.1 Å². The van der Waals surface area contributed by atoms with Crippen LogP contribution < -0.4 is 16.4 Å². The molecule has 0 spiro atoms. The van der Waals surface area contributed by atoms with E-state index < -0.39 is 5.91 Å². The summed E-state index contributed by atoms with van der Waals surface area (Å²) >= 11 is 0. The largest absolute Gasteiger partial charge is 0.369 e. The smallest absolute Gasteiger partial charge is 0.254 e. The highest BCUT2D eigenvalue weighted by atomic mass is 16.2. The van der Waals surface area contributed by atoms with E-state index in [-0.39, 0.29) is 11.5 Å². The first-order valence-electron chi connectivity index (χ1n) is 8.84. The summed E-state index contributed by atoms with van der Waals surface area (Å²) < 4.78 is 1.66. The molecular weight excluding hydrogens is 348 g/mol. The molecule has 2 amide bonds. The zero-order valence-corrected chi connectivity index (χ0v) is 15.5. The third kappa shape index (κ3) is 4.72. The van der Waals surface area contributed by atoms with Crippen molar-refractivity contribution in [3.8, 4) is 0 Å². The standard InChI is InChI=1S/C17H24N8O2/c1-11(26)25-5-3-12(4-6-25)7-19-16-14(15(18)27)9-20-17(23-16)22-13-8-21-24(2)10-13/h8-10,12H,3-7H2,1-2H3,(H2,18,27)(H2,19,20,22,23). The predicted octanol–water partition coefficient (Wildman–Crippen LogP) is 0.723. The number of nitrogens with two attached hydrogens (primary N) is 1. The van der Waals surface area contributed by atoms with E-state index >= 15 is 0 Å². The Balaban J connectivity index is 1.66. The van der Waals surface area contributed by atoms with Crippen molar-refractivity contribution >= 4 is 29.3 Å². The Labute approximate surface area is 157 Å². The van der Waals surface area contributed by atoms with Crippen molar-refractivity contribution in [1.82, 2.24) is 24.6 Å². The third-order valence-electron chi connectivity index (χ3n) is 4.63. The van der Waals surface area contributed by atoms with Crippen LogP contribution in [0, 0.1) is 5.92 Å². The van der Waals surface area contributed by atoms with Crippen LogP contribution >= 0.6 is 0 Å². The lowest BCUT2D eigenvalue weighted by molar-refractivity contribution is -0.130. The molecule has 0 aromatic carbocycles. The van der Waals surface area contributed by atoms with Crippen LogP contribution in [0.25, 0.3) is 0 Å². The van der Waals surface area contributed by atoms with Crippen LogP contribution in [0.1, 0.15) is 30.1 Å². The molecule has 1 aliphatic heterocycles. The first-order valence-corrected chi connectivity index (χ1v) is 8.84. The maximum atomic E-state index is 11.7. The maximum Gasteiger partial charge on any atom is 0.254 e. The Kier molecular flexibility index (Phi) is 5.53. The van der Waals surface area contributed by atoms with E-state index in [4.69, 9.17) is 5.73 Å². The van der Waals surface area contributed by atoms with E-state index in [2.05, 4.69) is 25.7 Å². The Bertz CT molecular complexity index is 826. The number of piperidine rings is 1. The number of anilines is 3. The van der Waals surface area contributed by atoms with Crippen molar-refractivity contribution in [2.75, 3.05) is 30.3 Å². The van der Waals surface area contributed by atoms with E-state index in [0.29, 0.717) is 24.2 Å². The number of primary amides is 1. The molecule has 3 heterocycles. The van der Waals surface area contributed by atoms with Gasteiger partial charge >= 0.3 is 0 Å². The van der Waals surface area contributed by atoms with E-state index in [1.54, 1.807) is 24.0 Å². The van der Waals surface area contributed by atoms with Crippen LogP contribution in [0.2, 0.25) is 0 Å². The number of aryl methyl sites for hydroxylation is 1. The summed E-state index contributed by atoms with van der Waals surface area (Å²) in [4.78, 5) is 33.5. The molecule has 2 aromatic heterocycles. The van der Waals surface area contributed by atoms with Crippen LogP contribution in [0.3, 0.4) is 0 Å². The van der Waals surface area contributed by atoms with E-state index in [9.17, 15) is 9.59 Å². The molecule has 0 aliphatic carbocycles. The predicted molar refractivity (Wildman–Crippen MR) is 101 cm³/mol. The number of hydrogen-bond donors (Lipinski definition) is 3. The van der Waals surface area contributed by atoms with Gasteiger partial charge in [-0.25, -0.2) is 4.98 Å². The Morgan fingerprint density at radius 1 is 1.30 bits per heavy atom. The highest BCUT2D eigenvalue weighted by Gasteiger charge is 2.21. The minimum atomic E-state index is -0.586. The molecule has 0 saturated carbocycles. The van der Waals surface area contributed by atoms with Crippen molar-refractivity contribution in [2.45, 2.75) is 19.8 Å². The molecule has 0 unspecified atom stereocenters. The van der Waals surface area contributed by atoms with Gasteiger partial charge in [0.1, 0.15) is 5.82 Å². The fourth-order valence-electron chi connectivity index (χ4n) is 3.06. The average molecular weight is 372 g/mol. The number of likely N-dealkylation sites (tertiary alicyclic amines) is 1. The summed E-state index contributed by atoms with van der Waals surface area (Å²) in [5.41, 5.74) is 6.43. The monoisotopic (exact) mass is 372 g/mol. The molecule has 4 N–H and O–H groups in total. The number of hydrogen-bond acceptors (Lipinski definition) is 7. The Hall–Kier alpha value is -3.17. The van der Waals surface area contributed by atoms with Crippen molar-refractivity contribution in [3.05, 3.63) is 24.2 Å². The first-order chi connectivity index (χ1) is 12.9. The maximum absolute atomic E-state index is 11.7. The van der Waals surface area contributed by atoms with Crippen LogP contribution in [-0.4, -0.2) is 56.1 Å². The molecule has 1 saturated heterocycles. The van der Waals surface area contributed by atoms with Gasteiger partial charge in [0.2, 0.25) is 11.9 Å². The summed E-state index contributed by atoms with van der Waals surface area (Å²) in [7, 11) is 1.81. The number of rotatable bonds is 6. The second-order valence-corrected chi connectivity index (χ2v) is 6.68. The van der Waals surface area contributed by atoms with E-state index in [1.807, 2.05) is 11.9 Å². The molecule has 27 heavy (non-hydrogen) atoms. The lowest BCUT2D eigenvalue weighted by atomic mass is 9.97. The fraction of sp³-hybridized carbons (Fsp3) is 0.471. The van der Waals surface area contributed by atoms with Gasteiger partial charge in [-0.1, -0.05) is 0 Å². The molecule has 10 nitrogen and oxygen atoms in total. The quantitative estimate of drug-likeness (QED) is 0.681. The van der Waals surface area contributed by atoms with Crippen LogP contribution in [0.4, 0.5) is 17.5 Å². The van der Waals surface area contributed by atoms with Gasteiger partial charge in [-0.15, -0.1) is 0 Å². The molecule has 2 aromatic rings. The summed E-state index contributed by atoms with van der Waals surface area (Å²) in [5.74, 6) is 0.669. The number of amides is 2. The van der Waals surface area contributed by atoms with Gasteiger partial charge in [0.15, 0.2) is 0 Å². The Morgan fingerprint density at radius 3 is 2.63 bits per heavy atom. The summed E-state index contributed by atoms with van der Waals surface area (Å²) in [6, 6.07) is 0. The van der Waals surface area contributed by atoms with Crippen molar-refractivity contribution in [2.24, 2.45) is 18.7 Å². The number of carbonyl (C=O) groups is 2. The molecule has 0 radical (unpaired) electrons. The van der Waals surface area contributed by atoms with Gasteiger partial charge in [-0.05, 0) is 18.8 Å². The highest BCUT2D eigenvalue weighted by molar-refractivity contribution is 5.97. The molecular formula is C17H24N8O2. The van der Waals surface area contributed by atoms with Gasteiger partial charge in [0.25, 0.3) is 5.91 Å². The normalized spacial score (nSPS) is 14.8. The van der Waals surface area contributed by atoms with Crippen LogP contribution in [0.5, 0.6) is 0 Å². The van der Waals surface area contributed by atoms with Crippen LogP contribution in [-0.2, 0) is 11.8 Å². The molecule has 10 heteroatoms. The summed E-state index contributed by atoms with van der Waals surface area (Å²) in [6.07, 6.45) is 6.67. The fourth-order valence-corrected chi connectivity index (χ4v) is 3.06. The van der Waals surface area contributed by atoms with Gasteiger partial charge in [0, 0.05) is 46.0 Å². The molecule has 0 atom stereocenters. The minimum absolute atomic E-state index is 0.111. The van der Waals surface area contributed by atoms with E-state index in [0.717, 1.165) is 31.6 Å².